The first-order valence-electron chi connectivity index (χ1n) is 8.99. The van der Waals surface area contributed by atoms with E-state index in [0.29, 0.717) is 12.6 Å². The summed E-state index contributed by atoms with van der Waals surface area (Å²) in [5.74, 6) is 0.160. The zero-order valence-corrected chi connectivity index (χ0v) is 14.2. The highest BCUT2D eigenvalue weighted by molar-refractivity contribution is 5.73. The van der Waals surface area contributed by atoms with Gasteiger partial charge in [0.25, 0.3) is 0 Å². The van der Waals surface area contributed by atoms with Gasteiger partial charge in [-0.15, -0.1) is 0 Å². The highest BCUT2D eigenvalue weighted by Gasteiger charge is 2.28. The molecule has 2 heterocycles. The second-order valence-electron chi connectivity index (χ2n) is 6.95. The van der Waals surface area contributed by atoms with E-state index in [2.05, 4.69) is 14.9 Å². The molecule has 2 aliphatic rings. The number of hydrogen-bond donors (Lipinski definition) is 0. The normalized spacial score (nSPS) is 23.6. The standard InChI is InChI=1S/C18H28N4O/c1-15(23)22(13-16-11-19-14-20-12-16)18-7-4-9-21(10-8-18)17-5-2-3-6-17/h11-12,14,17-18H,2-10,13H2,1H3. The lowest BCUT2D eigenvalue weighted by molar-refractivity contribution is -0.132. The van der Waals surface area contributed by atoms with E-state index in [1.165, 1.54) is 45.0 Å². The molecule has 0 radical (unpaired) electrons. The Hall–Kier alpha value is -1.49. The molecule has 23 heavy (non-hydrogen) atoms. The van der Waals surface area contributed by atoms with Gasteiger partial charge in [-0.25, -0.2) is 9.97 Å². The molecule has 3 rings (SSSR count). The third-order valence-electron chi connectivity index (χ3n) is 5.39. The molecule has 1 atom stereocenters. The maximum absolute atomic E-state index is 12.2. The van der Waals surface area contributed by atoms with Crippen molar-refractivity contribution >= 4 is 5.91 Å². The van der Waals surface area contributed by atoms with Crippen molar-refractivity contribution in [2.75, 3.05) is 13.1 Å². The van der Waals surface area contributed by atoms with Crippen molar-refractivity contribution in [2.45, 2.75) is 70.5 Å². The molecule has 1 aliphatic carbocycles. The van der Waals surface area contributed by atoms with E-state index < -0.39 is 0 Å². The van der Waals surface area contributed by atoms with Crippen LogP contribution in [0.15, 0.2) is 18.7 Å². The summed E-state index contributed by atoms with van der Waals surface area (Å²) < 4.78 is 0. The molecular weight excluding hydrogens is 288 g/mol. The molecule has 1 amide bonds. The number of carbonyl (C=O) groups excluding carboxylic acids is 1. The van der Waals surface area contributed by atoms with E-state index >= 15 is 0 Å². The third-order valence-corrected chi connectivity index (χ3v) is 5.39. The number of aromatic nitrogens is 2. The van der Waals surface area contributed by atoms with Crippen molar-refractivity contribution in [1.29, 1.82) is 0 Å². The lowest BCUT2D eigenvalue weighted by Crippen LogP contribution is -2.40. The van der Waals surface area contributed by atoms with Gasteiger partial charge in [-0.3, -0.25) is 4.79 Å². The number of rotatable bonds is 4. The molecule has 126 valence electrons. The summed E-state index contributed by atoms with van der Waals surface area (Å²) in [6.07, 6.45) is 14.0. The van der Waals surface area contributed by atoms with Crippen LogP contribution in [-0.2, 0) is 11.3 Å². The summed E-state index contributed by atoms with van der Waals surface area (Å²) in [6.45, 7) is 4.64. The first kappa shape index (κ1) is 16.4. The van der Waals surface area contributed by atoms with Crippen LogP contribution < -0.4 is 0 Å². The highest BCUT2D eigenvalue weighted by Crippen LogP contribution is 2.27. The lowest BCUT2D eigenvalue weighted by atomic mass is 10.1. The average molecular weight is 316 g/mol. The number of hydrogen-bond acceptors (Lipinski definition) is 4. The van der Waals surface area contributed by atoms with Crippen molar-refractivity contribution in [3.8, 4) is 0 Å². The van der Waals surface area contributed by atoms with E-state index in [1.807, 2.05) is 17.3 Å². The van der Waals surface area contributed by atoms with Crippen LogP contribution in [0.2, 0.25) is 0 Å². The van der Waals surface area contributed by atoms with E-state index in [4.69, 9.17) is 0 Å². The van der Waals surface area contributed by atoms with Crippen LogP contribution in [0.25, 0.3) is 0 Å². The summed E-state index contributed by atoms with van der Waals surface area (Å²) in [5.41, 5.74) is 1.01. The fourth-order valence-electron chi connectivity index (χ4n) is 4.15. The van der Waals surface area contributed by atoms with Crippen molar-refractivity contribution in [1.82, 2.24) is 19.8 Å². The minimum absolute atomic E-state index is 0.160. The van der Waals surface area contributed by atoms with Crippen LogP contribution in [-0.4, -0.2) is 50.8 Å². The molecule has 0 bridgehead atoms. The largest absolute Gasteiger partial charge is 0.335 e. The first-order chi connectivity index (χ1) is 11.2. The summed E-state index contributed by atoms with van der Waals surface area (Å²) in [6, 6.07) is 1.14. The van der Waals surface area contributed by atoms with E-state index in [0.717, 1.165) is 31.0 Å². The quantitative estimate of drug-likeness (QED) is 0.857. The predicted molar refractivity (Wildman–Crippen MR) is 89.7 cm³/mol. The first-order valence-corrected chi connectivity index (χ1v) is 8.99. The molecule has 2 fully saturated rings. The van der Waals surface area contributed by atoms with Crippen molar-refractivity contribution in [3.05, 3.63) is 24.3 Å². The van der Waals surface area contributed by atoms with Crippen molar-refractivity contribution < 1.29 is 4.79 Å². The van der Waals surface area contributed by atoms with Gasteiger partial charge in [-0.1, -0.05) is 12.8 Å². The second kappa shape index (κ2) is 7.86. The number of amides is 1. The van der Waals surface area contributed by atoms with Gasteiger partial charge in [0.2, 0.25) is 5.91 Å². The van der Waals surface area contributed by atoms with E-state index in [9.17, 15) is 4.79 Å². The van der Waals surface area contributed by atoms with E-state index in [-0.39, 0.29) is 5.91 Å². The highest BCUT2D eigenvalue weighted by atomic mass is 16.2. The van der Waals surface area contributed by atoms with Crippen LogP contribution in [0.1, 0.15) is 57.4 Å². The molecule has 0 spiro atoms. The Bertz CT molecular complexity index is 501. The second-order valence-corrected chi connectivity index (χ2v) is 6.95. The van der Waals surface area contributed by atoms with Gasteiger partial charge in [-0.05, 0) is 38.6 Å². The molecule has 1 saturated heterocycles. The number of nitrogens with zero attached hydrogens (tertiary/aromatic N) is 4. The Morgan fingerprint density at radius 1 is 1.13 bits per heavy atom. The van der Waals surface area contributed by atoms with Gasteiger partial charge < -0.3 is 9.80 Å². The molecule has 1 aromatic rings. The van der Waals surface area contributed by atoms with Crippen molar-refractivity contribution in [2.24, 2.45) is 0 Å². The Morgan fingerprint density at radius 3 is 2.57 bits per heavy atom. The van der Waals surface area contributed by atoms with Crippen LogP contribution in [0.3, 0.4) is 0 Å². The fraction of sp³-hybridized carbons (Fsp3) is 0.722. The summed E-state index contributed by atoms with van der Waals surface area (Å²) >= 11 is 0. The van der Waals surface area contributed by atoms with Gasteiger partial charge >= 0.3 is 0 Å². The fourth-order valence-corrected chi connectivity index (χ4v) is 4.15. The molecule has 1 unspecified atom stereocenters. The molecule has 1 aromatic heterocycles. The zero-order valence-electron chi connectivity index (χ0n) is 14.2. The minimum Gasteiger partial charge on any atom is -0.335 e. The molecule has 0 aromatic carbocycles. The maximum atomic E-state index is 12.2. The zero-order chi connectivity index (χ0) is 16.1. The number of likely N-dealkylation sites (tertiary alicyclic amines) is 1. The summed E-state index contributed by atoms with van der Waals surface area (Å²) in [5, 5.41) is 0. The van der Waals surface area contributed by atoms with Crippen LogP contribution in [0.5, 0.6) is 0 Å². The monoisotopic (exact) mass is 316 g/mol. The molecule has 5 nitrogen and oxygen atoms in total. The Morgan fingerprint density at radius 2 is 1.87 bits per heavy atom. The predicted octanol–water partition coefficient (Wildman–Crippen LogP) is 2.62. The van der Waals surface area contributed by atoms with Gasteiger partial charge in [-0.2, -0.15) is 0 Å². The van der Waals surface area contributed by atoms with Crippen LogP contribution in [0, 0.1) is 0 Å². The van der Waals surface area contributed by atoms with Gasteiger partial charge in [0.15, 0.2) is 0 Å². The molecule has 1 aliphatic heterocycles. The van der Waals surface area contributed by atoms with Crippen LogP contribution in [0.4, 0.5) is 0 Å². The molecular formula is C18H28N4O. The molecule has 0 N–H and O–H groups in total. The average Bonchev–Trinajstić information content (AvgIpc) is 2.99. The minimum atomic E-state index is 0.160. The SMILES string of the molecule is CC(=O)N(Cc1cncnc1)C1CCCN(C2CCCC2)CC1. The van der Waals surface area contributed by atoms with E-state index in [1.54, 1.807) is 6.92 Å². The van der Waals surface area contributed by atoms with Crippen LogP contribution >= 0.6 is 0 Å². The summed E-state index contributed by atoms with van der Waals surface area (Å²) in [4.78, 5) is 25.0. The molecule has 1 saturated carbocycles. The number of carbonyl (C=O) groups is 1. The Balaban J connectivity index is 1.62. The summed E-state index contributed by atoms with van der Waals surface area (Å²) in [7, 11) is 0. The third kappa shape index (κ3) is 4.28. The van der Waals surface area contributed by atoms with Gasteiger partial charge in [0.1, 0.15) is 6.33 Å². The topological polar surface area (TPSA) is 49.3 Å². The van der Waals surface area contributed by atoms with Crippen molar-refractivity contribution in [3.63, 3.8) is 0 Å². The smallest absolute Gasteiger partial charge is 0.219 e. The lowest BCUT2D eigenvalue weighted by Gasteiger charge is -2.31. The Labute approximate surface area is 139 Å². The van der Waals surface area contributed by atoms with Gasteiger partial charge in [0, 0.05) is 50.1 Å². The molecule has 5 heteroatoms. The maximum Gasteiger partial charge on any atom is 0.219 e. The van der Waals surface area contributed by atoms with Gasteiger partial charge in [0.05, 0.1) is 0 Å². The Kier molecular flexibility index (Phi) is 5.60.